The number of pyridine rings is 1. The molecule has 0 saturated carbocycles. The number of anilines is 1. The van der Waals surface area contributed by atoms with Gasteiger partial charge in [-0.15, -0.1) is 0 Å². The van der Waals surface area contributed by atoms with Crippen LogP contribution in [0.3, 0.4) is 0 Å². The van der Waals surface area contributed by atoms with E-state index < -0.39 is 12.0 Å². The zero-order chi connectivity index (χ0) is 14.0. The Kier molecular flexibility index (Phi) is 3.46. The summed E-state index contributed by atoms with van der Waals surface area (Å²) in [5, 5.41) is 11.7. The second-order valence-electron chi connectivity index (χ2n) is 4.26. The van der Waals surface area contributed by atoms with Crippen molar-refractivity contribution in [3.8, 4) is 0 Å². The average Bonchev–Trinajstić information content (AvgIpc) is 2.40. The fourth-order valence-corrected chi connectivity index (χ4v) is 1.87. The summed E-state index contributed by atoms with van der Waals surface area (Å²) < 4.78 is 0. The quantitative estimate of drug-likeness (QED) is 0.763. The first kappa shape index (κ1) is 13.0. The molecule has 1 fully saturated rings. The first-order valence-corrected chi connectivity index (χ1v) is 5.75. The maximum absolute atomic E-state index is 11.9. The number of carbonyl (C=O) groups is 3. The number of carboxylic acid groups (broad SMARTS) is 1. The summed E-state index contributed by atoms with van der Waals surface area (Å²) in [4.78, 5) is 39.1. The van der Waals surface area contributed by atoms with Crippen molar-refractivity contribution in [2.24, 2.45) is 0 Å². The lowest BCUT2D eigenvalue weighted by Gasteiger charge is -2.28. The normalized spacial score (nSPS) is 19.4. The van der Waals surface area contributed by atoms with Crippen molar-refractivity contribution in [1.82, 2.24) is 9.88 Å². The Labute approximate surface area is 109 Å². The molecule has 1 aromatic rings. The number of hydrogen-bond donors (Lipinski definition) is 2. The summed E-state index contributed by atoms with van der Waals surface area (Å²) in [6.07, 6.45) is 2.01. The number of hydrogen-bond acceptors (Lipinski definition) is 5. The molecule has 7 heteroatoms. The number of likely N-dealkylation sites (tertiary alicyclic amines) is 1. The van der Waals surface area contributed by atoms with Crippen LogP contribution in [0.5, 0.6) is 0 Å². The third-order valence-electron chi connectivity index (χ3n) is 2.98. The van der Waals surface area contributed by atoms with Gasteiger partial charge in [-0.05, 0) is 18.6 Å². The van der Waals surface area contributed by atoms with E-state index in [0.29, 0.717) is 12.2 Å². The fraction of sp³-hybridized carbons (Fsp3) is 0.333. The van der Waals surface area contributed by atoms with Crippen LogP contribution < -0.4 is 5.32 Å². The Morgan fingerprint density at radius 2 is 2.26 bits per heavy atom. The minimum atomic E-state index is -1.06. The second kappa shape index (κ2) is 5.05. The summed E-state index contributed by atoms with van der Waals surface area (Å²) in [5.74, 6) is -1.30. The van der Waals surface area contributed by atoms with Gasteiger partial charge in [0.15, 0.2) is 0 Å². The number of rotatable bonds is 3. The van der Waals surface area contributed by atoms with Crippen molar-refractivity contribution < 1.29 is 19.5 Å². The fourth-order valence-electron chi connectivity index (χ4n) is 1.87. The first-order valence-electron chi connectivity index (χ1n) is 5.75. The molecule has 0 radical (unpaired) electrons. The Bertz CT molecular complexity index is 544. The number of likely N-dealkylation sites (N-methyl/N-ethyl adjacent to an activating group) is 1. The molecule has 2 amide bonds. The van der Waals surface area contributed by atoms with Gasteiger partial charge in [0, 0.05) is 19.7 Å². The van der Waals surface area contributed by atoms with E-state index in [9.17, 15) is 14.4 Å². The molecular formula is C12H13N3O4. The zero-order valence-electron chi connectivity index (χ0n) is 10.3. The topological polar surface area (TPSA) is 99.6 Å². The number of nitrogens with zero attached hydrogens (tertiary/aromatic N) is 2. The van der Waals surface area contributed by atoms with Crippen molar-refractivity contribution in [3.05, 3.63) is 23.9 Å². The molecule has 100 valence electrons. The molecule has 2 rings (SSSR count). The predicted molar refractivity (Wildman–Crippen MR) is 65.6 cm³/mol. The predicted octanol–water partition coefficient (Wildman–Crippen LogP) is 0.339. The van der Waals surface area contributed by atoms with Crippen LogP contribution in [0.1, 0.15) is 23.2 Å². The number of carboxylic acids is 1. The summed E-state index contributed by atoms with van der Waals surface area (Å²) in [5.41, 5.74) is 0.0881. The van der Waals surface area contributed by atoms with Crippen LogP contribution >= 0.6 is 0 Å². The number of carbonyl (C=O) groups excluding carboxylic acids is 2. The van der Waals surface area contributed by atoms with Crippen molar-refractivity contribution in [3.63, 3.8) is 0 Å². The highest BCUT2D eigenvalue weighted by atomic mass is 16.4. The number of piperidine rings is 1. The minimum absolute atomic E-state index is 0.0881. The lowest BCUT2D eigenvalue weighted by molar-refractivity contribution is -0.146. The van der Waals surface area contributed by atoms with E-state index in [1.54, 1.807) is 0 Å². The summed E-state index contributed by atoms with van der Waals surface area (Å²) >= 11 is 0. The van der Waals surface area contributed by atoms with Crippen molar-refractivity contribution in [2.45, 2.75) is 18.9 Å². The van der Waals surface area contributed by atoms with E-state index in [1.807, 2.05) is 0 Å². The Morgan fingerprint density at radius 1 is 1.53 bits per heavy atom. The molecule has 1 saturated heterocycles. The van der Waals surface area contributed by atoms with E-state index in [2.05, 4.69) is 10.3 Å². The van der Waals surface area contributed by atoms with Gasteiger partial charge in [-0.1, -0.05) is 0 Å². The van der Waals surface area contributed by atoms with Crippen LogP contribution in [-0.4, -0.2) is 45.9 Å². The van der Waals surface area contributed by atoms with Gasteiger partial charge in [0.1, 0.15) is 11.9 Å². The van der Waals surface area contributed by atoms with E-state index >= 15 is 0 Å². The Hall–Kier alpha value is -2.44. The number of aromatic carboxylic acids is 1. The van der Waals surface area contributed by atoms with Crippen molar-refractivity contribution in [2.75, 3.05) is 12.4 Å². The van der Waals surface area contributed by atoms with E-state index in [4.69, 9.17) is 5.11 Å². The number of nitrogens with one attached hydrogen (secondary N) is 1. The molecule has 2 N–H and O–H groups in total. The van der Waals surface area contributed by atoms with Gasteiger partial charge in [0.2, 0.25) is 5.91 Å². The van der Waals surface area contributed by atoms with Crippen molar-refractivity contribution >= 4 is 23.6 Å². The minimum Gasteiger partial charge on any atom is -0.478 e. The van der Waals surface area contributed by atoms with Crippen LogP contribution in [-0.2, 0) is 9.59 Å². The molecule has 1 aliphatic rings. The SMILES string of the molecule is CN1C(=O)CCC(Nc2cc(C(=O)O)ccn2)C1=O. The van der Waals surface area contributed by atoms with Gasteiger partial charge >= 0.3 is 5.97 Å². The molecule has 0 bridgehead atoms. The largest absolute Gasteiger partial charge is 0.478 e. The van der Waals surface area contributed by atoms with Crippen LogP contribution in [0.25, 0.3) is 0 Å². The Morgan fingerprint density at radius 3 is 2.95 bits per heavy atom. The third-order valence-corrected chi connectivity index (χ3v) is 2.98. The maximum atomic E-state index is 11.9. The van der Waals surface area contributed by atoms with E-state index in [1.165, 1.54) is 25.4 Å². The lowest BCUT2D eigenvalue weighted by Crippen LogP contribution is -2.48. The molecule has 0 spiro atoms. The van der Waals surface area contributed by atoms with Gasteiger partial charge in [-0.3, -0.25) is 14.5 Å². The summed E-state index contributed by atoms with van der Waals surface area (Å²) in [7, 11) is 1.43. The third kappa shape index (κ3) is 2.70. The van der Waals surface area contributed by atoms with E-state index in [-0.39, 0.29) is 23.8 Å². The number of aromatic nitrogens is 1. The second-order valence-corrected chi connectivity index (χ2v) is 4.26. The molecule has 0 aliphatic carbocycles. The molecule has 1 aliphatic heterocycles. The lowest BCUT2D eigenvalue weighted by atomic mass is 10.0. The van der Waals surface area contributed by atoms with Crippen LogP contribution in [0.4, 0.5) is 5.82 Å². The standard InChI is InChI=1S/C12H13N3O4/c1-15-10(16)3-2-8(11(15)17)14-9-6-7(12(18)19)4-5-13-9/h4-6,8H,2-3H2,1H3,(H,13,14)(H,18,19). The average molecular weight is 263 g/mol. The molecule has 1 unspecified atom stereocenters. The highest BCUT2D eigenvalue weighted by Crippen LogP contribution is 2.16. The summed E-state index contributed by atoms with van der Waals surface area (Å²) in [6.45, 7) is 0. The molecule has 1 aromatic heterocycles. The van der Waals surface area contributed by atoms with Gasteiger partial charge in [0.25, 0.3) is 5.91 Å². The molecule has 19 heavy (non-hydrogen) atoms. The first-order chi connectivity index (χ1) is 8.99. The van der Waals surface area contributed by atoms with Gasteiger partial charge < -0.3 is 10.4 Å². The monoisotopic (exact) mass is 263 g/mol. The smallest absolute Gasteiger partial charge is 0.335 e. The molecule has 7 nitrogen and oxygen atoms in total. The molecule has 1 atom stereocenters. The molecular weight excluding hydrogens is 250 g/mol. The molecule has 0 aromatic carbocycles. The summed E-state index contributed by atoms with van der Waals surface area (Å²) in [6, 6.07) is 2.16. The van der Waals surface area contributed by atoms with Crippen LogP contribution in [0.2, 0.25) is 0 Å². The van der Waals surface area contributed by atoms with Crippen LogP contribution in [0, 0.1) is 0 Å². The maximum Gasteiger partial charge on any atom is 0.335 e. The van der Waals surface area contributed by atoms with E-state index in [0.717, 1.165) is 4.90 Å². The highest BCUT2D eigenvalue weighted by Gasteiger charge is 2.31. The number of imide groups is 1. The number of amides is 2. The Balaban J connectivity index is 2.13. The van der Waals surface area contributed by atoms with Gasteiger partial charge in [-0.25, -0.2) is 9.78 Å². The van der Waals surface area contributed by atoms with Crippen molar-refractivity contribution in [1.29, 1.82) is 0 Å². The van der Waals surface area contributed by atoms with Gasteiger partial charge in [-0.2, -0.15) is 0 Å². The van der Waals surface area contributed by atoms with Gasteiger partial charge in [0.05, 0.1) is 5.56 Å². The zero-order valence-corrected chi connectivity index (χ0v) is 10.3. The van der Waals surface area contributed by atoms with Crippen LogP contribution in [0.15, 0.2) is 18.3 Å². The molecule has 2 heterocycles. The highest BCUT2D eigenvalue weighted by molar-refractivity contribution is 6.01.